The van der Waals surface area contributed by atoms with Gasteiger partial charge in [-0.3, -0.25) is 9.59 Å². The average molecular weight is 376 g/mol. The molecule has 3 aromatic carbocycles. The largest absolute Gasteiger partial charge is 0.497 e. The summed E-state index contributed by atoms with van der Waals surface area (Å²) in [4.78, 5) is 25.1. The van der Waals surface area contributed by atoms with E-state index in [4.69, 9.17) is 9.47 Å². The molecule has 0 aliphatic rings. The molecular weight excluding hydrogens is 356 g/mol. The van der Waals surface area contributed by atoms with Gasteiger partial charge in [-0.1, -0.05) is 18.2 Å². The molecule has 3 rings (SSSR count). The van der Waals surface area contributed by atoms with Crippen LogP contribution in [-0.2, 0) is 0 Å². The molecule has 2 amide bonds. The van der Waals surface area contributed by atoms with Crippen LogP contribution in [0.5, 0.6) is 11.5 Å². The molecule has 0 saturated carbocycles. The highest BCUT2D eigenvalue weighted by Crippen LogP contribution is 2.24. The summed E-state index contributed by atoms with van der Waals surface area (Å²) in [5.41, 5.74) is 1.94. The lowest BCUT2D eigenvalue weighted by molar-refractivity contribution is 0.102. The van der Waals surface area contributed by atoms with Crippen LogP contribution in [0, 0.1) is 0 Å². The van der Waals surface area contributed by atoms with Crippen molar-refractivity contribution >= 4 is 23.2 Å². The maximum Gasteiger partial charge on any atom is 0.255 e. The predicted octanol–water partition coefficient (Wildman–Crippen LogP) is 4.21. The van der Waals surface area contributed by atoms with Gasteiger partial charge in [0.15, 0.2) is 0 Å². The first kappa shape index (κ1) is 19.0. The van der Waals surface area contributed by atoms with E-state index in [1.807, 2.05) is 6.07 Å². The maximum atomic E-state index is 12.6. The first-order valence-corrected chi connectivity index (χ1v) is 8.60. The lowest BCUT2D eigenvalue weighted by Gasteiger charge is -2.11. The van der Waals surface area contributed by atoms with E-state index >= 15 is 0 Å². The molecule has 0 aliphatic carbocycles. The van der Waals surface area contributed by atoms with Crippen molar-refractivity contribution in [2.24, 2.45) is 0 Å². The van der Waals surface area contributed by atoms with Crippen molar-refractivity contribution in [3.63, 3.8) is 0 Å². The molecule has 0 spiro atoms. The van der Waals surface area contributed by atoms with E-state index in [1.54, 1.807) is 73.8 Å². The third kappa shape index (κ3) is 4.48. The van der Waals surface area contributed by atoms with Gasteiger partial charge in [0.1, 0.15) is 11.5 Å². The molecule has 0 aliphatic heterocycles. The molecule has 2 N–H and O–H groups in total. The summed E-state index contributed by atoms with van der Waals surface area (Å²) in [5, 5.41) is 5.59. The number of hydrogen-bond donors (Lipinski definition) is 2. The van der Waals surface area contributed by atoms with Gasteiger partial charge in [-0.15, -0.1) is 0 Å². The van der Waals surface area contributed by atoms with Crippen LogP contribution in [0.1, 0.15) is 20.7 Å². The van der Waals surface area contributed by atoms with E-state index in [0.717, 1.165) is 0 Å². The lowest BCUT2D eigenvalue weighted by atomic mass is 10.1. The molecule has 6 nitrogen and oxygen atoms in total. The topological polar surface area (TPSA) is 76.7 Å². The van der Waals surface area contributed by atoms with Gasteiger partial charge in [-0.05, 0) is 54.6 Å². The number of carbonyl (C=O) groups excluding carboxylic acids is 2. The Hall–Kier alpha value is -3.80. The van der Waals surface area contributed by atoms with Crippen molar-refractivity contribution in [2.75, 3.05) is 24.9 Å². The van der Waals surface area contributed by atoms with Crippen LogP contribution in [0.3, 0.4) is 0 Å². The number of para-hydroxylation sites is 2. The number of benzene rings is 3. The molecule has 0 saturated heterocycles. The van der Waals surface area contributed by atoms with Crippen LogP contribution in [0.25, 0.3) is 0 Å². The Bertz CT molecular complexity index is 984. The standard InChI is InChI=1S/C22H20N2O4/c1-27-18-12-10-17(11-13-18)23-21(25)15-6-5-7-16(14-15)22(26)24-19-8-3-4-9-20(19)28-2/h3-14H,1-2H3,(H,23,25)(H,24,26). The molecule has 6 heteroatoms. The van der Waals surface area contributed by atoms with Crippen LogP contribution in [0.4, 0.5) is 11.4 Å². The third-order valence-electron chi connectivity index (χ3n) is 4.09. The van der Waals surface area contributed by atoms with E-state index in [-0.39, 0.29) is 11.8 Å². The van der Waals surface area contributed by atoms with Gasteiger partial charge >= 0.3 is 0 Å². The zero-order valence-corrected chi connectivity index (χ0v) is 15.6. The number of methoxy groups -OCH3 is 2. The quantitative estimate of drug-likeness (QED) is 0.676. The van der Waals surface area contributed by atoms with Gasteiger partial charge in [0.2, 0.25) is 0 Å². The van der Waals surface area contributed by atoms with Crippen molar-refractivity contribution in [2.45, 2.75) is 0 Å². The Kier molecular flexibility index (Phi) is 5.91. The number of amides is 2. The molecule has 0 radical (unpaired) electrons. The second-order valence-corrected chi connectivity index (χ2v) is 5.92. The zero-order valence-electron chi connectivity index (χ0n) is 15.6. The minimum atomic E-state index is -0.330. The first-order valence-electron chi connectivity index (χ1n) is 8.60. The molecule has 0 bridgehead atoms. The van der Waals surface area contributed by atoms with Gasteiger partial charge in [-0.25, -0.2) is 0 Å². The highest BCUT2D eigenvalue weighted by molar-refractivity contribution is 6.09. The van der Waals surface area contributed by atoms with E-state index in [1.165, 1.54) is 7.11 Å². The first-order chi connectivity index (χ1) is 13.6. The SMILES string of the molecule is COc1ccc(NC(=O)c2cccc(C(=O)Nc3ccccc3OC)c2)cc1. The van der Waals surface area contributed by atoms with Crippen molar-refractivity contribution in [3.8, 4) is 11.5 Å². The monoisotopic (exact) mass is 376 g/mol. The van der Waals surface area contributed by atoms with Crippen molar-refractivity contribution in [1.29, 1.82) is 0 Å². The summed E-state index contributed by atoms with van der Waals surface area (Å²) in [6.07, 6.45) is 0. The normalized spacial score (nSPS) is 10.1. The fourth-order valence-electron chi connectivity index (χ4n) is 2.62. The van der Waals surface area contributed by atoms with Crippen LogP contribution in [0.15, 0.2) is 72.8 Å². The summed E-state index contributed by atoms with van der Waals surface area (Å²) in [5.74, 6) is 0.623. The predicted molar refractivity (Wildman–Crippen MR) is 108 cm³/mol. The highest BCUT2D eigenvalue weighted by atomic mass is 16.5. The Morgan fingerprint density at radius 1 is 0.714 bits per heavy atom. The van der Waals surface area contributed by atoms with Gasteiger partial charge in [0, 0.05) is 16.8 Å². The van der Waals surface area contributed by atoms with Crippen molar-refractivity contribution in [1.82, 2.24) is 0 Å². The van der Waals surface area contributed by atoms with Crippen LogP contribution in [-0.4, -0.2) is 26.0 Å². The number of rotatable bonds is 6. The van der Waals surface area contributed by atoms with E-state index in [9.17, 15) is 9.59 Å². The third-order valence-corrected chi connectivity index (χ3v) is 4.09. The van der Waals surface area contributed by atoms with Crippen LogP contribution < -0.4 is 20.1 Å². The number of hydrogen-bond acceptors (Lipinski definition) is 4. The molecule has 142 valence electrons. The molecule has 0 aromatic heterocycles. The van der Waals surface area contributed by atoms with Crippen LogP contribution >= 0.6 is 0 Å². The van der Waals surface area contributed by atoms with E-state index < -0.39 is 0 Å². The molecular formula is C22H20N2O4. The Balaban J connectivity index is 1.73. The minimum absolute atomic E-state index is 0.308. The second kappa shape index (κ2) is 8.73. The van der Waals surface area contributed by atoms with Gasteiger partial charge < -0.3 is 20.1 Å². The lowest BCUT2D eigenvalue weighted by Crippen LogP contribution is -2.15. The number of ether oxygens (including phenoxy) is 2. The summed E-state index contributed by atoms with van der Waals surface area (Å²) in [6.45, 7) is 0. The minimum Gasteiger partial charge on any atom is -0.497 e. The molecule has 3 aromatic rings. The summed E-state index contributed by atoms with van der Waals surface area (Å²) in [7, 11) is 3.12. The van der Waals surface area contributed by atoms with E-state index in [2.05, 4.69) is 10.6 Å². The average Bonchev–Trinajstić information content (AvgIpc) is 2.74. The second-order valence-electron chi connectivity index (χ2n) is 5.92. The molecule has 0 atom stereocenters. The summed E-state index contributed by atoms with van der Waals surface area (Å²) < 4.78 is 10.3. The van der Waals surface area contributed by atoms with Gasteiger partial charge in [0.25, 0.3) is 11.8 Å². The van der Waals surface area contributed by atoms with E-state index in [0.29, 0.717) is 34.0 Å². The molecule has 28 heavy (non-hydrogen) atoms. The molecule has 0 fully saturated rings. The number of carbonyl (C=O) groups is 2. The fraction of sp³-hybridized carbons (Fsp3) is 0.0909. The van der Waals surface area contributed by atoms with Gasteiger partial charge in [0.05, 0.1) is 19.9 Å². The smallest absolute Gasteiger partial charge is 0.255 e. The highest BCUT2D eigenvalue weighted by Gasteiger charge is 2.13. The van der Waals surface area contributed by atoms with Crippen molar-refractivity contribution < 1.29 is 19.1 Å². The molecule has 0 unspecified atom stereocenters. The molecule has 0 heterocycles. The van der Waals surface area contributed by atoms with Crippen molar-refractivity contribution in [3.05, 3.63) is 83.9 Å². The number of anilines is 2. The Labute approximate surface area is 163 Å². The number of nitrogens with one attached hydrogen (secondary N) is 2. The maximum absolute atomic E-state index is 12.6. The Morgan fingerprint density at radius 2 is 1.36 bits per heavy atom. The summed E-state index contributed by atoms with van der Waals surface area (Å²) >= 11 is 0. The van der Waals surface area contributed by atoms with Gasteiger partial charge in [-0.2, -0.15) is 0 Å². The summed E-state index contributed by atoms with van der Waals surface area (Å²) in [6, 6.07) is 20.6. The Morgan fingerprint density at radius 3 is 2.00 bits per heavy atom. The van der Waals surface area contributed by atoms with Crippen LogP contribution in [0.2, 0.25) is 0 Å². The fourth-order valence-corrected chi connectivity index (χ4v) is 2.62. The zero-order chi connectivity index (χ0) is 19.9.